The van der Waals surface area contributed by atoms with E-state index < -0.39 is 0 Å². The number of anilines is 1. The number of rotatable bonds is 6. The summed E-state index contributed by atoms with van der Waals surface area (Å²) in [6.45, 7) is 4.24. The van der Waals surface area contributed by atoms with E-state index in [2.05, 4.69) is 28.5 Å². The maximum absolute atomic E-state index is 12.4. The highest BCUT2D eigenvalue weighted by atomic mass is 32.2. The van der Waals surface area contributed by atoms with Crippen LogP contribution in [-0.2, 0) is 31.1 Å². The molecule has 1 unspecified atom stereocenters. The minimum absolute atomic E-state index is 0.113. The van der Waals surface area contributed by atoms with Gasteiger partial charge in [0.2, 0.25) is 5.91 Å². The molecule has 0 bridgehead atoms. The number of thiophene rings is 1. The molecule has 6 nitrogen and oxygen atoms in total. The second kappa shape index (κ2) is 8.23. The van der Waals surface area contributed by atoms with Crippen LogP contribution in [0.3, 0.4) is 0 Å². The zero-order valence-corrected chi connectivity index (χ0v) is 17.0. The van der Waals surface area contributed by atoms with Crippen LogP contribution in [-0.4, -0.2) is 26.4 Å². The van der Waals surface area contributed by atoms with Crippen LogP contribution in [0.1, 0.15) is 48.5 Å². The van der Waals surface area contributed by atoms with Gasteiger partial charge in [0.05, 0.1) is 11.3 Å². The molecule has 2 aromatic rings. The van der Waals surface area contributed by atoms with Gasteiger partial charge < -0.3 is 9.88 Å². The quantitative estimate of drug-likeness (QED) is 0.764. The first-order valence-electron chi connectivity index (χ1n) is 8.92. The van der Waals surface area contributed by atoms with Crippen LogP contribution in [0.15, 0.2) is 5.16 Å². The molecule has 0 spiro atoms. The van der Waals surface area contributed by atoms with Crippen LogP contribution >= 0.6 is 23.1 Å². The maximum Gasteiger partial charge on any atom is 0.235 e. The van der Waals surface area contributed by atoms with Crippen molar-refractivity contribution in [3.63, 3.8) is 0 Å². The van der Waals surface area contributed by atoms with Crippen LogP contribution < -0.4 is 5.32 Å². The second-order valence-corrected chi connectivity index (χ2v) is 8.53. The smallest absolute Gasteiger partial charge is 0.235 e. The van der Waals surface area contributed by atoms with E-state index in [4.69, 9.17) is 0 Å². The van der Waals surface area contributed by atoms with Gasteiger partial charge in [-0.05, 0) is 30.7 Å². The van der Waals surface area contributed by atoms with Crippen molar-refractivity contribution in [2.24, 2.45) is 13.0 Å². The molecule has 0 fully saturated rings. The summed E-state index contributed by atoms with van der Waals surface area (Å²) in [5, 5.41) is 22.1. The number of nitrogens with zero attached hydrogens (tertiary/aromatic N) is 4. The van der Waals surface area contributed by atoms with E-state index in [0.717, 1.165) is 48.6 Å². The number of amides is 1. The molecule has 1 aliphatic carbocycles. The number of nitriles is 1. The molecule has 0 aliphatic heterocycles. The fraction of sp³-hybridized carbons (Fsp3) is 0.556. The number of aryl methyl sites for hydroxylation is 1. The molecule has 1 aliphatic rings. The number of carbonyl (C=O) groups excluding carboxylic acids is 1. The lowest BCUT2D eigenvalue weighted by Gasteiger charge is -2.20. The standard InChI is InChI=1S/C18H23N5OS2/c1-4-11-6-7-12-13(9-19)17(26-14(12)8-11)20-16(24)10-25-18-22-21-15(5-2)23(18)3/h11H,4-8,10H2,1-3H3,(H,20,24). The van der Waals surface area contributed by atoms with E-state index in [0.29, 0.717) is 16.5 Å². The Morgan fingerprint density at radius 2 is 2.27 bits per heavy atom. The average Bonchev–Trinajstić information content (AvgIpc) is 3.18. The Hall–Kier alpha value is -1.85. The summed E-state index contributed by atoms with van der Waals surface area (Å²) < 4.78 is 1.91. The van der Waals surface area contributed by atoms with Gasteiger partial charge in [-0.3, -0.25) is 4.79 Å². The summed E-state index contributed by atoms with van der Waals surface area (Å²) in [6, 6.07) is 2.30. The number of aromatic nitrogens is 3. The van der Waals surface area contributed by atoms with Gasteiger partial charge in [-0.2, -0.15) is 5.26 Å². The minimum Gasteiger partial charge on any atom is -0.316 e. The van der Waals surface area contributed by atoms with Crippen LogP contribution in [0.2, 0.25) is 0 Å². The molecule has 138 valence electrons. The Morgan fingerprint density at radius 3 is 2.92 bits per heavy atom. The Balaban J connectivity index is 1.67. The first kappa shape index (κ1) is 18.9. The van der Waals surface area contributed by atoms with Crippen molar-refractivity contribution in [1.82, 2.24) is 14.8 Å². The van der Waals surface area contributed by atoms with Crippen molar-refractivity contribution < 1.29 is 4.79 Å². The van der Waals surface area contributed by atoms with Crippen molar-refractivity contribution in [2.75, 3.05) is 11.1 Å². The molecule has 3 rings (SSSR count). The van der Waals surface area contributed by atoms with Gasteiger partial charge in [0.25, 0.3) is 0 Å². The zero-order valence-electron chi connectivity index (χ0n) is 15.3. The third kappa shape index (κ3) is 3.79. The van der Waals surface area contributed by atoms with Crippen LogP contribution in [0.25, 0.3) is 0 Å². The molecule has 0 aromatic carbocycles. The van der Waals surface area contributed by atoms with E-state index in [1.54, 1.807) is 11.3 Å². The van der Waals surface area contributed by atoms with E-state index in [9.17, 15) is 10.1 Å². The van der Waals surface area contributed by atoms with Gasteiger partial charge in [-0.15, -0.1) is 21.5 Å². The molecular formula is C18H23N5OS2. The summed E-state index contributed by atoms with van der Waals surface area (Å²) in [7, 11) is 1.91. The van der Waals surface area contributed by atoms with Gasteiger partial charge >= 0.3 is 0 Å². The third-order valence-corrected chi connectivity index (χ3v) is 7.07. The number of fused-ring (bicyclic) bond motifs is 1. The summed E-state index contributed by atoms with van der Waals surface area (Å²) in [4.78, 5) is 13.6. The van der Waals surface area contributed by atoms with Crippen molar-refractivity contribution in [3.8, 4) is 6.07 Å². The minimum atomic E-state index is -0.113. The van der Waals surface area contributed by atoms with E-state index in [1.807, 2.05) is 18.5 Å². The highest BCUT2D eigenvalue weighted by molar-refractivity contribution is 7.99. The number of nitrogens with one attached hydrogen (secondary N) is 1. The predicted molar refractivity (Wildman–Crippen MR) is 105 cm³/mol. The lowest BCUT2D eigenvalue weighted by molar-refractivity contribution is -0.113. The molecule has 0 radical (unpaired) electrons. The summed E-state index contributed by atoms with van der Waals surface area (Å²) in [5.74, 6) is 1.73. The maximum atomic E-state index is 12.4. The highest BCUT2D eigenvalue weighted by Gasteiger charge is 2.25. The molecule has 0 saturated carbocycles. The molecule has 26 heavy (non-hydrogen) atoms. The monoisotopic (exact) mass is 389 g/mol. The number of carbonyl (C=O) groups is 1. The van der Waals surface area contributed by atoms with Crippen molar-refractivity contribution in [3.05, 3.63) is 21.8 Å². The predicted octanol–water partition coefficient (Wildman–Crippen LogP) is 3.56. The van der Waals surface area contributed by atoms with Crippen molar-refractivity contribution in [1.29, 1.82) is 5.26 Å². The SMILES string of the molecule is CCc1nnc(SCC(=O)Nc2sc3c(c2C#N)CCC(CC)C3)n1C. The third-order valence-electron chi connectivity index (χ3n) is 4.88. The first-order valence-corrected chi connectivity index (χ1v) is 10.7. The van der Waals surface area contributed by atoms with Crippen molar-refractivity contribution in [2.45, 2.75) is 51.1 Å². The van der Waals surface area contributed by atoms with Gasteiger partial charge in [-0.25, -0.2) is 0 Å². The fourth-order valence-electron chi connectivity index (χ4n) is 3.28. The van der Waals surface area contributed by atoms with Gasteiger partial charge in [0.1, 0.15) is 16.9 Å². The molecule has 1 amide bonds. The fourth-order valence-corrected chi connectivity index (χ4v) is 5.34. The molecule has 0 saturated heterocycles. The largest absolute Gasteiger partial charge is 0.316 e. The van der Waals surface area contributed by atoms with Gasteiger partial charge in [-0.1, -0.05) is 32.0 Å². The molecular weight excluding hydrogens is 366 g/mol. The molecule has 2 aromatic heterocycles. The van der Waals surface area contributed by atoms with Crippen LogP contribution in [0.5, 0.6) is 0 Å². The van der Waals surface area contributed by atoms with E-state index in [1.165, 1.54) is 16.6 Å². The molecule has 1 N–H and O–H groups in total. The van der Waals surface area contributed by atoms with E-state index >= 15 is 0 Å². The molecule has 1 atom stereocenters. The zero-order chi connectivity index (χ0) is 18.7. The number of hydrogen-bond acceptors (Lipinski definition) is 6. The summed E-state index contributed by atoms with van der Waals surface area (Å²) >= 11 is 2.93. The lowest BCUT2D eigenvalue weighted by Crippen LogP contribution is -2.14. The molecule has 2 heterocycles. The van der Waals surface area contributed by atoms with Crippen molar-refractivity contribution >= 4 is 34.0 Å². The van der Waals surface area contributed by atoms with Gasteiger partial charge in [0.15, 0.2) is 5.16 Å². The van der Waals surface area contributed by atoms with Gasteiger partial charge in [0, 0.05) is 18.3 Å². The average molecular weight is 390 g/mol. The Labute approximate surface area is 162 Å². The normalized spacial score (nSPS) is 16.2. The lowest BCUT2D eigenvalue weighted by atomic mass is 9.86. The Bertz CT molecular complexity index is 849. The topological polar surface area (TPSA) is 83.6 Å². The highest BCUT2D eigenvalue weighted by Crippen LogP contribution is 2.40. The number of thioether (sulfide) groups is 1. The Morgan fingerprint density at radius 1 is 1.46 bits per heavy atom. The van der Waals surface area contributed by atoms with E-state index in [-0.39, 0.29) is 11.7 Å². The summed E-state index contributed by atoms with van der Waals surface area (Å²) in [6.07, 6.45) is 5.06. The van der Waals surface area contributed by atoms with Crippen LogP contribution in [0, 0.1) is 17.2 Å². The van der Waals surface area contributed by atoms with Crippen LogP contribution in [0.4, 0.5) is 5.00 Å². The Kier molecular flexibility index (Phi) is 5.99. The number of hydrogen-bond donors (Lipinski definition) is 1. The second-order valence-electron chi connectivity index (χ2n) is 6.49. The summed E-state index contributed by atoms with van der Waals surface area (Å²) in [5.41, 5.74) is 1.80. The molecule has 8 heteroatoms. The first-order chi connectivity index (χ1) is 12.6.